The second kappa shape index (κ2) is 11.2. The van der Waals surface area contributed by atoms with Crippen LogP contribution in [-0.4, -0.2) is 35.6 Å². The van der Waals surface area contributed by atoms with Crippen LogP contribution in [0, 0.1) is 23.2 Å². The maximum Gasteiger partial charge on any atom is 0.306 e. The van der Waals surface area contributed by atoms with Gasteiger partial charge in [0.1, 0.15) is 23.2 Å². The number of rotatable bonds is 9. The Bertz CT molecular complexity index is 1110. The molecule has 8 nitrogen and oxygen atoms in total. The van der Waals surface area contributed by atoms with Crippen LogP contribution in [0.5, 0.6) is 11.5 Å². The molecule has 2 N–H and O–H groups in total. The van der Waals surface area contributed by atoms with Crippen molar-refractivity contribution in [3.05, 3.63) is 52.8 Å². The van der Waals surface area contributed by atoms with Crippen molar-refractivity contribution in [1.29, 1.82) is 5.26 Å². The topological polar surface area (TPSA) is 122 Å². The Labute approximate surface area is 206 Å². The molecule has 1 saturated carbocycles. The minimum atomic E-state index is -0.817. The van der Waals surface area contributed by atoms with Crippen LogP contribution in [0.1, 0.15) is 73.6 Å². The number of aliphatic carboxylic acids is 1. The number of nitriles is 1. The molecular weight excluding hydrogens is 446 g/mol. The number of carbonyl (C=O) groups is 2. The van der Waals surface area contributed by atoms with Gasteiger partial charge in [-0.3, -0.25) is 14.6 Å². The van der Waals surface area contributed by atoms with Gasteiger partial charge >= 0.3 is 5.97 Å². The van der Waals surface area contributed by atoms with Crippen LogP contribution < -0.4 is 14.8 Å². The van der Waals surface area contributed by atoms with Gasteiger partial charge in [0, 0.05) is 23.4 Å². The lowest BCUT2D eigenvalue weighted by atomic mass is 9.82. The summed E-state index contributed by atoms with van der Waals surface area (Å²) in [5.74, 6) is -0.0577. The molecule has 0 aliphatic heterocycles. The lowest BCUT2D eigenvalue weighted by Gasteiger charge is -2.29. The van der Waals surface area contributed by atoms with E-state index in [1.54, 1.807) is 25.4 Å². The van der Waals surface area contributed by atoms with Gasteiger partial charge in [-0.15, -0.1) is 0 Å². The van der Waals surface area contributed by atoms with E-state index in [0.717, 1.165) is 30.5 Å². The third-order valence-electron chi connectivity index (χ3n) is 6.63. The highest BCUT2D eigenvalue weighted by Crippen LogP contribution is 2.35. The van der Waals surface area contributed by atoms with Crippen LogP contribution in [0.3, 0.4) is 0 Å². The van der Waals surface area contributed by atoms with Crippen LogP contribution in [0.4, 0.5) is 0 Å². The average Bonchev–Trinajstić information content (AvgIpc) is 2.87. The van der Waals surface area contributed by atoms with Crippen molar-refractivity contribution in [3.63, 3.8) is 0 Å². The van der Waals surface area contributed by atoms with Gasteiger partial charge in [-0.25, -0.2) is 0 Å². The van der Waals surface area contributed by atoms with Gasteiger partial charge in [0.2, 0.25) is 0 Å². The minimum absolute atomic E-state index is 0.261. The number of aryl methyl sites for hydroxylation is 1. The molecule has 1 aromatic carbocycles. The number of carboxylic acids is 1. The van der Waals surface area contributed by atoms with Gasteiger partial charge in [-0.2, -0.15) is 5.26 Å². The molecule has 1 aliphatic rings. The summed E-state index contributed by atoms with van der Waals surface area (Å²) in [4.78, 5) is 28.2. The molecule has 1 heterocycles. The van der Waals surface area contributed by atoms with Crippen molar-refractivity contribution >= 4 is 11.9 Å². The third-order valence-corrected chi connectivity index (χ3v) is 6.63. The van der Waals surface area contributed by atoms with Crippen molar-refractivity contribution in [2.75, 3.05) is 13.7 Å². The zero-order valence-electron chi connectivity index (χ0n) is 20.8. The molecule has 1 aromatic heterocycles. The summed E-state index contributed by atoms with van der Waals surface area (Å²) in [7, 11) is 1.58. The van der Waals surface area contributed by atoms with Gasteiger partial charge in [0.15, 0.2) is 0 Å². The number of ether oxygens (including phenoxy) is 2. The lowest BCUT2D eigenvalue weighted by molar-refractivity contribution is -0.143. The normalized spacial score (nSPS) is 17.8. The van der Waals surface area contributed by atoms with Crippen LogP contribution in [0.25, 0.3) is 0 Å². The van der Waals surface area contributed by atoms with Crippen molar-refractivity contribution in [3.8, 4) is 17.6 Å². The van der Waals surface area contributed by atoms with Gasteiger partial charge in [-0.05, 0) is 76.1 Å². The van der Waals surface area contributed by atoms with Crippen LogP contribution in [0.2, 0.25) is 0 Å². The smallest absolute Gasteiger partial charge is 0.306 e. The minimum Gasteiger partial charge on any atom is -0.495 e. The molecule has 0 saturated heterocycles. The van der Waals surface area contributed by atoms with Crippen molar-refractivity contribution in [2.45, 2.75) is 58.5 Å². The maximum absolute atomic E-state index is 12.7. The first kappa shape index (κ1) is 26.0. The fraction of sp³-hybridized carbons (Fsp3) is 0.481. The van der Waals surface area contributed by atoms with E-state index in [-0.39, 0.29) is 23.3 Å². The first-order chi connectivity index (χ1) is 16.7. The molecule has 0 bridgehead atoms. The van der Waals surface area contributed by atoms with Crippen molar-refractivity contribution < 1.29 is 24.2 Å². The van der Waals surface area contributed by atoms with E-state index < -0.39 is 11.6 Å². The SMILES string of the molecule is CCc1cc(C(C)(C)Oc2ccc(C(=O)NCC3CCC(C(=O)O)CC3)cc2C#N)c(OC)cn1. The number of carbonyl (C=O) groups excluding carboxylic acids is 1. The largest absolute Gasteiger partial charge is 0.495 e. The summed E-state index contributed by atoms with van der Waals surface area (Å²) in [6.07, 6.45) is 5.27. The monoisotopic (exact) mass is 479 g/mol. The van der Waals surface area contributed by atoms with E-state index >= 15 is 0 Å². The molecule has 0 radical (unpaired) electrons. The number of aromatic nitrogens is 1. The van der Waals surface area contributed by atoms with Crippen LogP contribution in [0.15, 0.2) is 30.5 Å². The highest BCUT2D eigenvalue weighted by atomic mass is 16.5. The molecule has 0 spiro atoms. The predicted octanol–water partition coefficient (Wildman–Crippen LogP) is 4.46. The maximum atomic E-state index is 12.7. The molecule has 2 aromatic rings. The Morgan fingerprint density at radius 1 is 1.20 bits per heavy atom. The summed E-state index contributed by atoms with van der Waals surface area (Å²) in [5, 5.41) is 21.8. The Balaban J connectivity index is 1.70. The first-order valence-electron chi connectivity index (χ1n) is 12.0. The molecule has 0 atom stereocenters. The molecule has 1 amide bonds. The Kier molecular flexibility index (Phi) is 8.34. The molecule has 186 valence electrons. The van der Waals surface area contributed by atoms with E-state index in [2.05, 4.69) is 16.4 Å². The second-order valence-electron chi connectivity index (χ2n) is 9.43. The highest BCUT2D eigenvalue weighted by Gasteiger charge is 2.29. The molecule has 1 fully saturated rings. The third kappa shape index (κ3) is 6.30. The van der Waals surface area contributed by atoms with Crippen LogP contribution >= 0.6 is 0 Å². The fourth-order valence-corrected chi connectivity index (χ4v) is 4.44. The van der Waals surface area contributed by atoms with Crippen molar-refractivity contribution in [1.82, 2.24) is 10.3 Å². The Hall–Kier alpha value is -3.60. The number of hydrogen-bond donors (Lipinski definition) is 2. The number of methoxy groups -OCH3 is 1. The lowest BCUT2D eigenvalue weighted by Crippen LogP contribution is -2.32. The standard InChI is InChI=1S/C27H33N3O5/c1-5-21-13-22(24(34-4)16-29-21)27(2,3)35-23-11-10-19(12-20(23)14-28)25(31)30-15-17-6-8-18(9-7-17)26(32)33/h10-13,16-18H,5-9,15H2,1-4H3,(H,30,31)(H,32,33). The number of benzene rings is 1. The van der Waals surface area contributed by atoms with E-state index in [0.29, 0.717) is 36.4 Å². The summed E-state index contributed by atoms with van der Waals surface area (Å²) in [5.41, 5.74) is 1.54. The van der Waals surface area contributed by atoms with E-state index in [4.69, 9.17) is 14.6 Å². The first-order valence-corrected chi connectivity index (χ1v) is 12.0. The number of carboxylic acid groups (broad SMARTS) is 1. The molecule has 3 rings (SSSR count). The molecule has 1 aliphatic carbocycles. The van der Waals surface area contributed by atoms with Crippen molar-refractivity contribution in [2.24, 2.45) is 11.8 Å². The predicted molar refractivity (Wildman–Crippen MR) is 130 cm³/mol. The zero-order valence-corrected chi connectivity index (χ0v) is 20.8. The van der Waals surface area contributed by atoms with Gasteiger partial charge in [0.05, 0.1) is 24.8 Å². The quantitative estimate of drug-likeness (QED) is 0.544. The number of hydrogen-bond acceptors (Lipinski definition) is 6. The second-order valence-corrected chi connectivity index (χ2v) is 9.43. The summed E-state index contributed by atoms with van der Waals surface area (Å²) in [6.45, 7) is 6.29. The van der Waals surface area contributed by atoms with E-state index in [1.807, 2.05) is 26.8 Å². The summed E-state index contributed by atoms with van der Waals surface area (Å²) < 4.78 is 11.7. The summed E-state index contributed by atoms with van der Waals surface area (Å²) >= 11 is 0. The highest BCUT2D eigenvalue weighted by molar-refractivity contribution is 5.94. The zero-order chi connectivity index (χ0) is 25.6. The van der Waals surface area contributed by atoms with Crippen LogP contribution in [-0.2, 0) is 16.8 Å². The number of amides is 1. The molecule has 0 unspecified atom stereocenters. The molecule has 8 heteroatoms. The van der Waals surface area contributed by atoms with E-state index in [9.17, 15) is 14.9 Å². The number of nitrogens with one attached hydrogen (secondary N) is 1. The van der Waals surface area contributed by atoms with E-state index in [1.165, 1.54) is 6.07 Å². The Morgan fingerprint density at radius 3 is 2.51 bits per heavy atom. The summed E-state index contributed by atoms with van der Waals surface area (Å²) in [6, 6.07) is 8.89. The molecular formula is C27H33N3O5. The number of nitrogens with zero attached hydrogens (tertiary/aromatic N) is 2. The average molecular weight is 480 g/mol. The van der Waals surface area contributed by atoms with Gasteiger partial charge in [0.25, 0.3) is 5.91 Å². The molecule has 35 heavy (non-hydrogen) atoms. The number of pyridine rings is 1. The van der Waals surface area contributed by atoms with Gasteiger partial charge < -0.3 is 19.9 Å². The fourth-order valence-electron chi connectivity index (χ4n) is 4.44. The van der Waals surface area contributed by atoms with Gasteiger partial charge in [-0.1, -0.05) is 6.92 Å². The Morgan fingerprint density at radius 2 is 1.91 bits per heavy atom.